The molecule has 0 heterocycles. The van der Waals surface area contributed by atoms with Crippen LogP contribution in [0.5, 0.6) is 0 Å². The zero-order valence-electron chi connectivity index (χ0n) is 22.1. The van der Waals surface area contributed by atoms with Crippen molar-refractivity contribution < 1.29 is 4.79 Å². The molecule has 2 heteroatoms. The van der Waals surface area contributed by atoms with Gasteiger partial charge in [-0.2, -0.15) is 0 Å². The first-order valence-electron chi connectivity index (χ1n) is 12.3. The number of rotatable bonds is 4. The molecule has 0 bridgehead atoms. The summed E-state index contributed by atoms with van der Waals surface area (Å²) in [7, 11) is 0. The van der Waals surface area contributed by atoms with Gasteiger partial charge < -0.3 is 10.5 Å². The normalized spacial score (nSPS) is 16.2. The maximum absolute atomic E-state index is 8.00. The van der Waals surface area contributed by atoms with Crippen LogP contribution in [0.15, 0.2) is 18.2 Å². The van der Waals surface area contributed by atoms with E-state index in [0.717, 1.165) is 24.3 Å². The highest BCUT2D eigenvalue weighted by Crippen LogP contribution is 2.41. The van der Waals surface area contributed by atoms with E-state index < -0.39 is 0 Å². The van der Waals surface area contributed by atoms with E-state index in [4.69, 9.17) is 10.5 Å². The molecule has 1 unspecified atom stereocenters. The van der Waals surface area contributed by atoms with Crippen molar-refractivity contribution in [1.82, 2.24) is 0 Å². The van der Waals surface area contributed by atoms with E-state index in [9.17, 15) is 0 Å². The summed E-state index contributed by atoms with van der Waals surface area (Å²) in [5.41, 5.74) is 13.8. The summed E-state index contributed by atoms with van der Waals surface area (Å²) in [5.74, 6) is 2.46. The van der Waals surface area contributed by atoms with E-state index >= 15 is 0 Å². The zero-order chi connectivity index (χ0) is 24.6. The Morgan fingerprint density at radius 2 is 1.68 bits per heavy atom. The molecule has 0 aliphatic heterocycles. The van der Waals surface area contributed by atoms with Gasteiger partial charge >= 0.3 is 0 Å². The van der Waals surface area contributed by atoms with Crippen molar-refractivity contribution in [2.45, 2.75) is 100 Å². The molecule has 1 fully saturated rings. The van der Waals surface area contributed by atoms with Crippen LogP contribution >= 0.6 is 0 Å². The minimum absolute atomic E-state index is 0.724. The highest BCUT2D eigenvalue weighted by atomic mass is 16.1. The van der Waals surface area contributed by atoms with Gasteiger partial charge in [-0.25, -0.2) is 0 Å². The summed E-state index contributed by atoms with van der Waals surface area (Å²) >= 11 is 0. The molecule has 1 aromatic rings. The number of carbonyl (C=O) groups is 1. The highest BCUT2D eigenvalue weighted by molar-refractivity contribution is 5.72. The molecule has 178 valence electrons. The molecule has 0 saturated heterocycles. The van der Waals surface area contributed by atoms with Gasteiger partial charge in [0, 0.05) is 0 Å². The van der Waals surface area contributed by atoms with E-state index in [1.165, 1.54) is 48.8 Å². The fourth-order valence-electron chi connectivity index (χ4n) is 3.60. The monoisotopic (exact) mass is 429 g/mol. The summed E-state index contributed by atoms with van der Waals surface area (Å²) in [4.78, 5) is 8.00. The Hall–Kier alpha value is -1.67. The minimum atomic E-state index is 0.724. The second-order valence-corrected chi connectivity index (χ2v) is 8.59. The van der Waals surface area contributed by atoms with Crippen LogP contribution in [0.2, 0.25) is 0 Å². The molecule has 0 amide bonds. The van der Waals surface area contributed by atoms with E-state index in [-0.39, 0.29) is 0 Å². The Bertz CT molecular complexity index is 653. The summed E-state index contributed by atoms with van der Waals surface area (Å²) in [6.45, 7) is 26.3. The smallest absolute Gasteiger partial charge is 0.106 e. The van der Waals surface area contributed by atoms with Crippen LogP contribution in [0, 0.1) is 18.8 Å². The van der Waals surface area contributed by atoms with Gasteiger partial charge in [-0.05, 0) is 91.6 Å². The zero-order valence-corrected chi connectivity index (χ0v) is 22.1. The number of carbonyl (C=O) groups excluding carboxylic acids is 1. The highest BCUT2D eigenvalue weighted by Gasteiger charge is 2.25. The van der Waals surface area contributed by atoms with Crippen LogP contribution < -0.4 is 5.73 Å². The first-order chi connectivity index (χ1) is 14.8. The maximum Gasteiger partial charge on any atom is 0.106 e. The molecule has 3 rings (SSSR count). The van der Waals surface area contributed by atoms with E-state index in [1.807, 2.05) is 33.6 Å². The predicted octanol–water partition coefficient (Wildman–Crippen LogP) is 8.36. The molecule has 2 aliphatic carbocycles. The minimum Gasteiger partial charge on any atom is -0.331 e. The van der Waals surface area contributed by atoms with Gasteiger partial charge in [0.15, 0.2) is 0 Å². The lowest BCUT2D eigenvalue weighted by Gasteiger charge is -2.16. The average Bonchev–Trinajstić information content (AvgIpc) is 3.57. The lowest BCUT2D eigenvalue weighted by atomic mass is 9.89. The van der Waals surface area contributed by atoms with Crippen molar-refractivity contribution >= 4 is 18.9 Å². The van der Waals surface area contributed by atoms with Gasteiger partial charge in [0.25, 0.3) is 0 Å². The molecule has 0 spiro atoms. The Labute approximate surface area is 194 Å². The van der Waals surface area contributed by atoms with Gasteiger partial charge in [0.1, 0.15) is 6.79 Å². The molecule has 1 aromatic carbocycles. The van der Waals surface area contributed by atoms with Crippen LogP contribution in [0.25, 0.3) is 12.2 Å². The quantitative estimate of drug-likeness (QED) is 0.522. The van der Waals surface area contributed by atoms with Crippen LogP contribution in [-0.4, -0.2) is 13.3 Å². The van der Waals surface area contributed by atoms with E-state index in [2.05, 4.69) is 60.3 Å². The van der Waals surface area contributed by atoms with Gasteiger partial charge in [-0.1, -0.05) is 85.3 Å². The topological polar surface area (TPSA) is 43.1 Å². The number of hydrogen-bond donors (Lipinski definition) is 1. The number of aryl methyl sites for hydroxylation is 1. The van der Waals surface area contributed by atoms with Gasteiger partial charge in [0.2, 0.25) is 0 Å². The molecule has 0 radical (unpaired) electrons. The van der Waals surface area contributed by atoms with Gasteiger partial charge in [-0.15, -0.1) is 0 Å². The Kier molecular flexibility index (Phi) is 18.3. The number of allylic oxidation sites excluding steroid dienone is 1. The molecule has 0 aromatic heterocycles. The van der Waals surface area contributed by atoms with Crippen molar-refractivity contribution in [3.05, 3.63) is 46.0 Å². The molecule has 31 heavy (non-hydrogen) atoms. The van der Waals surface area contributed by atoms with Gasteiger partial charge in [-0.3, -0.25) is 0 Å². The standard InChI is InChI=1S/C19H24.C5H12.C2H7N.C2H6.CH2O/c1-5-15-11-17-7-6-12(2)19(17)14(4)18(15)10-13(3)16-8-9-16;1-4-5(2)3;1-2-3;2*1-2/h5,10-12,16H,1,6-9H2,2-4H3;5H,4H2,1-3H3;2-3H2,1H3;1-2H3;1H2/b13-10+;;;;. The molecular formula is C29H51NO. The first-order valence-corrected chi connectivity index (χ1v) is 12.3. The summed E-state index contributed by atoms with van der Waals surface area (Å²) < 4.78 is 0. The summed E-state index contributed by atoms with van der Waals surface area (Å²) in [6, 6.07) is 2.38. The molecule has 1 atom stereocenters. The van der Waals surface area contributed by atoms with Crippen molar-refractivity contribution in [3.8, 4) is 0 Å². The van der Waals surface area contributed by atoms with E-state index in [0.29, 0.717) is 0 Å². The molecule has 2 N–H and O–H groups in total. The van der Waals surface area contributed by atoms with Crippen LogP contribution in [-0.2, 0) is 11.2 Å². The largest absolute Gasteiger partial charge is 0.331 e. The lowest BCUT2D eigenvalue weighted by molar-refractivity contribution is -0.0979. The number of hydrogen-bond acceptors (Lipinski definition) is 2. The molecule has 2 aliphatic rings. The second-order valence-electron chi connectivity index (χ2n) is 8.59. The van der Waals surface area contributed by atoms with Crippen LogP contribution in [0.4, 0.5) is 0 Å². The van der Waals surface area contributed by atoms with Crippen molar-refractivity contribution in [1.29, 1.82) is 0 Å². The van der Waals surface area contributed by atoms with Crippen molar-refractivity contribution in [3.63, 3.8) is 0 Å². The lowest BCUT2D eigenvalue weighted by Crippen LogP contribution is -1.98. The van der Waals surface area contributed by atoms with Gasteiger partial charge in [0.05, 0.1) is 0 Å². The fraction of sp³-hybridized carbons (Fsp3) is 0.621. The Morgan fingerprint density at radius 1 is 1.19 bits per heavy atom. The fourth-order valence-corrected chi connectivity index (χ4v) is 3.60. The first kappa shape index (κ1) is 31.5. The Balaban J connectivity index is 0. The Morgan fingerprint density at radius 3 is 2.06 bits per heavy atom. The molecule has 1 saturated carbocycles. The molecule has 2 nitrogen and oxygen atoms in total. The third-order valence-corrected chi connectivity index (χ3v) is 5.76. The maximum atomic E-state index is 8.00. The SMILES string of the molecule is C=Cc1cc2c(c(C)c1/C=C(\C)C1CC1)C(C)CC2.C=O.CC.CCC(C)C.CCN. The summed E-state index contributed by atoms with van der Waals surface area (Å²) in [6.07, 6.45) is 11.1. The predicted molar refractivity (Wildman–Crippen MR) is 143 cm³/mol. The number of nitrogens with two attached hydrogens (primary N) is 1. The van der Waals surface area contributed by atoms with Crippen molar-refractivity contribution in [2.24, 2.45) is 17.6 Å². The number of fused-ring (bicyclic) bond motifs is 1. The number of benzene rings is 1. The second kappa shape index (κ2) is 18.0. The molecular weight excluding hydrogens is 378 g/mol. The van der Waals surface area contributed by atoms with Crippen LogP contribution in [0.1, 0.15) is 115 Å². The average molecular weight is 430 g/mol. The van der Waals surface area contributed by atoms with Crippen molar-refractivity contribution in [2.75, 3.05) is 6.54 Å². The van der Waals surface area contributed by atoms with E-state index in [1.54, 1.807) is 16.7 Å². The third kappa shape index (κ3) is 11.0. The third-order valence-electron chi connectivity index (χ3n) is 5.76. The van der Waals surface area contributed by atoms with Crippen LogP contribution in [0.3, 0.4) is 0 Å². The summed E-state index contributed by atoms with van der Waals surface area (Å²) in [5, 5.41) is 0.